The van der Waals surface area contributed by atoms with Crippen molar-refractivity contribution in [2.75, 3.05) is 49.4 Å². The molecule has 0 bridgehead atoms. The van der Waals surface area contributed by atoms with Crippen LogP contribution >= 0.6 is 0 Å². The number of benzene rings is 2. The molecule has 0 atom stereocenters. The Morgan fingerprint density at radius 3 is 2.42 bits per heavy atom. The van der Waals surface area contributed by atoms with Gasteiger partial charge in [-0.15, -0.1) is 0 Å². The van der Waals surface area contributed by atoms with Crippen LogP contribution in [0.25, 0.3) is 0 Å². The van der Waals surface area contributed by atoms with Gasteiger partial charge in [-0.25, -0.2) is 8.42 Å². The average molecular weight is 375 g/mol. The zero-order chi connectivity index (χ0) is 18.4. The molecule has 1 aliphatic rings. The summed E-state index contributed by atoms with van der Waals surface area (Å²) in [5.41, 5.74) is 2.43. The molecule has 0 amide bonds. The van der Waals surface area contributed by atoms with Crippen molar-refractivity contribution in [2.24, 2.45) is 0 Å². The third-order valence-electron chi connectivity index (χ3n) is 4.30. The van der Waals surface area contributed by atoms with Crippen LogP contribution in [0.1, 0.15) is 5.56 Å². The van der Waals surface area contributed by atoms with E-state index in [0.717, 1.165) is 50.6 Å². The van der Waals surface area contributed by atoms with Gasteiger partial charge in [-0.3, -0.25) is 9.62 Å². The number of sulfonamides is 1. The predicted molar refractivity (Wildman–Crippen MR) is 104 cm³/mol. The highest BCUT2D eigenvalue weighted by Gasteiger charge is 2.14. The minimum Gasteiger partial charge on any atom is -0.384 e. The lowest BCUT2D eigenvalue weighted by atomic mass is 10.2. The maximum atomic E-state index is 12.4. The second-order valence-electron chi connectivity index (χ2n) is 6.38. The number of nitrogens with zero attached hydrogens (tertiary/aromatic N) is 1. The van der Waals surface area contributed by atoms with Gasteiger partial charge in [0.2, 0.25) is 0 Å². The normalized spacial score (nSPS) is 15.6. The SMILES string of the molecule is Cc1cccc(S(=O)(=O)Nc2ccc(NCCN3CCOCC3)cc2)c1. The molecule has 0 spiro atoms. The monoisotopic (exact) mass is 375 g/mol. The van der Waals surface area contributed by atoms with Crippen LogP contribution in [0.15, 0.2) is 53.4 Å². The van der Waals surface area contributed by atoms with E-state index < -0.39 is 10.0 Å². The van der Waals surface area contributed by atoms with Crippen LogP contribution in [0.5, 0.6) is 0 Å². The number of rotatable bonds is 7. The van der Waals surface area contributed by atoms with Crippen molar-refractivity contribution in [3.8, 4) is 0 Å². The molecule has 0 aliphatic carbocycles. The predicted octanol–water partition coefficient (Wildman–Crippen LogP) is 2.54. The lowest BCUT2D eigenvalue weighted by Gasteiger charge is -2.26. The highest BCUT2D eigenvalue weighted by Crippen LogP contribution is 2.19. The molecule has 2 aromatic carbocycles. The highest BCUT2D eigenvalue weighted by molar-refractivity contribution is 7.92. The van der Waals surface area contributed by atoms with Crippen molar-refractivity contribution in [3.63, 3.8) is 0 Å². The van der Waals surface area contributed by atoms with E-state index in [-0.39, 0.29) is 4.90 Å². The Morgan fingerprint density at radius 2 is 1.73 bits per heavy atom. The fraction of sp³-hybridized carbons (Fsp3) is 0.368. The quantitative estimate of drug-likeness (QED) is 0.778. The fourth-order valence-corrected chi connectivity index (χ4v) is 4.00. The van der Waals surface area contributed by atoms with E-state index in [9.17, 15) is 8.42 Å². The first kappa shape index (κ1) is 18.7. The number of aryl methyl sites for hydroxylation is 1. The van der Waals surface area contributed by atoms with E-state index in [0.29, 0.717) is 5.69 Å². The molecule has 0 radical (unpaired) electrons. The molecular weight excluding hydrogens is 350 g/mol. The van der Waals surface area contributed by atoms with Crippen molar-refractivity contribution < 1.29 is 13.2 Å². The third kappa shape index (κ3) is 5.20. The Hall–Kier alpha value is -2.09. The highest BCUT2D eigenvalue weighted by atomic mass is 32.2. The van der Waals surface area contributed by atoms with Crippen LogP contribution in [0.2, 0.25) is 0 Å². The first-order valence-electron chi connectivity index (χ1n) is 8.76. The van der Waals surface area contributed by atoms with E-state index in [4.69, 9.17) is 4.74 Å². The van der Waals surface area contributed by atoms with Gasteiger partial charge in [0.15, 0.2) is 0 Å². The maximum Gasteiger partial charge on any atom is 0.261 e. The van der Waals surface area contributed by atoms with Gasteiger partial charge in [-0.05, 0) is 48.9 Å². The molecular formula is C19H25N3O3S. The molecule has 26 heavy (non-hydrogen) atoms. The minimum absolute atomic E-state index is 0.269. The Bertz CT molecular complexity index is 816. The summed E-state index contributed by atoms with van der Waals surface area (Å²) in [6.45, 7) is 7.23. The second kappa shape index (κ2) is 8.53. The van der Waals surface area contributed by atoms with Crippen LogP contribution in [-0.2, 0) is 14.8 Å². The van der Waals surface area contributed by atoms with Crippen molar-refractivity contribution >= 4 is 21.4 Å². The van der Waals surface area contributed by atoms with Crippen LogP contribution in [0.4, 0.5) is 11.4 Å². The van der Waals surface area contributed by atoms with Crippen molar-refractivity contribution in [1.82, 2.24) is 4.90 Å². The Morgan fingerprint density at radius 1 is 1.04 bits per heavy atom. The molecule has 140 valence electrons. The standard InChI is InChI=1S/C19H25N3O3S/c1-16-3-2-4-19(15-16)26(23,24)21-18-7-5-17(6-8-18)20-9-10-22-11-13-25-14-12-22/h2-8,15,20-21H,9-14H2,1H3. The van der Waals surface area contributed by atoms with E-state index in [1.54, 1.807) is 30.3 Å². The molecule has 7 heteroatoms. The summed E-state index contributed by atoms with van der Waals surface area (Å²) in [5.74, 6) is 0. The lowest BCUT2D eigenvalue weighted by molar-refractivity contribution is 0.0398. The zero-order valence-electron chi connectivity index (χ0n) is 14.9. The molecule has 2 aromatic rings. The largest absolute Gasteiger partial charge is 0.384 e. The summed E-state index contributed by atoms with van der Waals surface area (Å²) in [5, 5.41) is 3.36. The summed E-state index contributed by atoms with van der Waals surface area (Å²) < 4.78 is 32.8. The van der Waals surface area contributed by atoms with E-state index in [1.165, 1.54) is 0 Å². The van der Waals surface area contributed by atoms with Gasteiger partial charge < -0.3 is 10.1 Å². The van der Waals surface area contributed by atoms with Gasteiger partial charge in [0.1, 0.15) is 0 Å². The number of anilines is 2. The molecule has 0 unspecified atom stereocenters. The number of hydrogen-bond donors (Lipinski definition) is 2. The molecule has 6 nitrogen and oxygen atoms in total. The van der Waals surface area contributed by atoms with Gasteiger partial charge >= 0.3 is 0 Å². The minimum atomic E-state index is -3.57. The Kier molecular flexibility index (Phi) is 6.13. The first-order chi connectivity index (χ1) is 12.5. The number of morpholine rings is 1. The van der Waals surface area contributed by atoms with Crippen LogP contribution < -0.4 is 10.0 Å². The van der Waals surface area contributed by atoms with E-state index in [2.05, 4.69) is 14.9 Å². The first-order valence-corrected chi connectivity index (χ1v) is 10.2. The second-order valence-corrected chi connectivity index (χ2v) is 8.06. The van der Waals surface area contributed by atoms with Gasteiger partial charge in [-0.2, -0.15) is 0 Å². The van der Waals surface area contributed by atoms with Gasteiger partial charge in [-0.1, -0.05) is 12.1 Å². The fourth-order valence-electron chi connectivity index (χ4n) is 2.84. The average Bonchev–Trinajstić information content (AvgIpc) is 2.64. The van der Waals surface area contributed by atoms with Crippen LogP contribution in [-0.4, -0.2) is 52.7 Å². The molecule has 0 aromatic heterocycles. The Labute approximate surface area is 155 Å². The summed E-state index contributed by atoms with van der Waals surface area (Å²) in [6.07, 6.45) is 0. The van der Waals surface area contributed by atoms with Gasteiger partial charge in [0.25, 0.3) is 10.0 Å². The summed E-state index contributed by atoms with van der Waals surface area (Å²) in [7, 11) is -3.57. The molecule has 1 aliphatic heterocycles. The van der Waals surface area contributed by atoms with Crippen molar-refractivity contribution in [2.45, 2.75) is 11.8 Å². The Balaban J connectivity index is 1.54. The summed E-state index contributed by atoms with van der Waals surface area (Å²) in [6, 6.07) is 14.2. The molecule has 1 saturated heterocycles. The number of ether oxygens (including phenoxy) is 1. The van der Waals surface area contributed by atoms with Crippen LogP contribution in [0, 0.1) is 6.92 Å². The molecule has 1 heterocycles. The molecule has 2 N–H and O–H groups in total. The van der Waals surface area contributed by atoms with E-state index >= 15 is 0 Å². The maximum absolute atomic E-state index is 12.4. The summed E-state index contributed by atoms with van der Waals surface area (Å²) >= 11 is 0. The number of nitrogens with one attached hydrogen (secondary N) is 2. The lowest BCUT2D eigenvalue weighted by Crippen LogP contribution is -2.38. The van der Waals surface area contributed by atoms with Gasteiger partial charge in [0, 0.05) is 37.6 Å². The number of hydrogen-bond acceptors (Lipinski definition) is 5. The van der Waals surface area contributed by atoms with Crippen molar-refractivity contribution in [3.05, 3.63) is 54.1 Å². The third-order valence-corrected chi connectivity index (χ3v) is 5.68. The van der Waals surface area contributed by atoms with E-state index in [1.807, 2.05) is 25.1 Å². The van der Waals surface area contributed by atoms with Crippen molar-refractivity contribution in [1.29, 1.82) is 0 Å². The molecule has 0 saturated carbocycles. The topological polar surface area (TPSA) is 70.7 Å². The smallest absolute Gasteiger partial charge is 0.261 e. The van der Waals surface area contributed by atoms with Gasteiger partial charge in [0.05, 0.1) is 18.1 Å². The summed E-state index contributed by atoms with van der Waals surface area (Å²) in [4.78, 5) is 2.63. The zero-order valence-corrected chi connectivity index (χ0v) is 15.8. The molecule has 3 rings (SSSR count). The molecule has 1 fully saturated rings. The van der Waals surface area contributed by atoms with Crippen LogP contribution in [0.3, 0.4) is 0 Å².